The van der Waals surface area contributed by atoms with Crippen molar-refractivity contribution < 1.29 is 12.8 Å². The summed E-state index contributed by atoms with van der Waals surface area (Å²) in [6, 6.07) is 3.04. The van der Waals surface area contributed by atoms with Crippen LogP contribution in [0.2, 0.25) is 0 Å². The molecule has 0 saturated carbocycles. The third kappa shape index (κ3) is 3.19. The van der Waals surface area contributed by atoms with E-state index in [-0.39, 0.29) is 12.1 Å². The van der Waals surface area contributed by atoms with Gasteiger partial charge in [0.1, 0.15) is 5.76 Å². The van der Waals surface area contributed by atoms with E-state index >= 15 is 0 Å². The Kier molecular flexibility index (Phi) is 4.31. The van der Waals surface area contributed by atoms with Gasteiger partial charge < -0.3 is 4.42 Å². The minimum absolute atomic E-state index is 0.232. The van der Waals surface area contributed by atoms with Crippen LogP contribution in [0.5, 0.6) is 0 Å². The van der Waals surface area contributed by atoms with Crippen LogP contribution in [0.15, 0.2) is 29.0 Å². The molecule has 2 unspecified atom stereocenters. The monoisotopic (exact) mass is 338 g/mol. The fourth-order valence-corrected chi connectivity index (χ4v) is 4.81. The molecule has 1 fully saturated rings. The van der Waals surface area contributed by atoms with E-state index in [1.54, 1.807) is 17.0 Å². The fraction of sp³-hybridized carbons (Fsp3) is 0.533. The van der Waals surface area contributed by atoms with Gasteiger partial charge in [-0.2, -0.15) is 22.5 Å². The molecule has 8 heteroatoms. The molecule has 23 heavy (non-hydrogen) atoms. The van der Waals surface area contributed by atoms with Gasteiger partial charge in [-0.1, -0.05) is 0 Å². The third-order valence-electron chi connectivity index (χ3n) is 4.23. The van der Waals surface area contributed by atoms with Crippen molar-refractivity contribution in [3.05, 3.63) is 41.6 Å². The van der Waals surface area contributed by atoms with Crippen molar-refractivity contribution in [3.63, 3.8) is 0 Å². The topological polar surface area (TPSA) is 80.4 Å². The zero-order valence-electron chi connectivity index (χ0n) is 13.6. The highest BCUT2D eigenvalue weighted by Gasteiger charge is 2.37. The first-order valence-electron chi connectivity index (χ1n) is 7.71. The SMILES string of the molecule is Cc1nn(C)cc1C(C)NS(=O)(=O)N1CCCC1c1ccco1. The van der Waals surface area contributed by atoms with E-state index in [1.807, 2.05) is 33.2 Å². The molecular formula is C15H22N4O3S. The lowest BCUT2D eigenvalue weighted by molar-refractivity contribution is 0.333. The van der Waals surface area contributed by atoms with E-state index < -0.39 is 10.2 Å². The number of hydrogen-bond donors (Lipinski definition) is 1. The molecule has 3 rings (SSSR count). The number of furan rings is 1. The summed E-state index contributed by atoms with van der Waals surface area (Å²) < 4.78 is 36.9. The van der Waals surface area contributed by atoms with Crippen LogP contribution in [0.1, 0.15) is 48.9 Å². The van der Waals surface area contributed by atoms with Gasteiger partial charge in [-0.05, 0) is 38.8 Å². The van der Waals surface area contributed by atoms with Crippen molar-refractivity contribution in [2.45, 2.75) is 38.8 Å². The molecule has 0 radical (unpaired) electrons. The zero-order valence-corrected chi connectivity index (χ0v) is 14.4. The van der Waals surface area contributed by atoms with Crippen LogP contribution in [-0.2, 0) is 17.3 Å². The molecule has 3 heterocycles. The first-order chi connectivity index (χ1) is 10.9. The highest BCUT2D eigenvalue weighted by Crippen LogP contribution is 2.34. The standard InChI is InChI=1S/C15H22N4O3S/c1-11-13(10-18(3)16-11)12(2)17-23(20,21)19-8-4-6-14(19)15-7-5-9-22-15/h5,7,9-10,12,14,17H,4,6,8H2,1-3H3. The van der Waals surface area contributed by atoms with Crippen LogP contribution in [0.25, 0.3) is 0 Å². The van der Waals surface area contributed by atoms with Gasteiger partial charge in [0.25, 0.3) is 10.2 Å². The fourth-order valence-electron chi connectivity index (χ4n) is 3.19. The first-order valence-corrected chi connectivity index (χ1v) is 9.15. The number of aryl methyl sites for hydroxylation is 2. The maximum absolute atomic E-state index is 12.8. The maximum atomic E-state index is 12.8. The molecule has 2 aromatic rings. The summed E-state index contributed by atoms with van der Waals surface area (Å²) in [7, 11) is -1.78. The Morgan fingerprint density at radius 2 is 2.26 bits per heavy atom. The summed E-state index contributed by atoms with van der Waals surface area (Å²) in [6.45, 7) is 4.21. The molecule has 1 N–H and O–H groups in total. The highest BCUT2D eigenvalue weighted by molar-refractivity contribution is 7.87. The van der Waals surface area contributed by atoms with E-state index in [9.17, 15) is 8.42 Å². The van der Waals surface area contributed by atoms with E-state index in [1.165, 1.54) is 4.31 Å². The average Bonchev–Trinajstić information content (AvgIpc) is 3.16. The summed E-state index contributed by atoms with van der Waals surface area (Å²) in [5, 5.41) is 4.27. The minimum Gasteiger partial charge on any atom is -0.468 e. The first kappa shape index (κ1) is 16.2. The van der Waals surface area contributed by atoms with Crippen LogP contribution in [0.4, 0.5) is 0 Å². The Hall–Kier alpha value is -1.64. The van der Waals surface area contributed by atoms with Crippen molar-refractivity contribution in [1.29, 1.82) is 0 Å². The van der Waals surface area contributed by atoms with Crippen LogP contribution >= 0.6 is 0 Å². The smallest absolute Gasteiger partial charge is 0.280 e. The lowest BCUT2D eigenvalue weighted by Crippen LogP contribution is -2.41. The van der Waals surface area contributed by atoms with Gasteiger partial charge in [-0.15, -0.1) is 0 Å². The van der Waals surface area contributed by atoms with Crippen molar-refractivity contribution >= 4 is 10.2 Å². The second kappa shape index (κ2) is 6.10. The molecule has 0 bridgehead atoms. The third-order valence-corrected chi connectivity index (χ3v) is 5.93. The van der Waals surface area contributed by atoms with E-state index in [2.05, 4.69) is 9.82 Å². The predicted octanol–water partition coefficient (Wildman–Crippen LogP) is 2.05. The van der Waals surface area contributed by atoms with Gasteiger partial charge in [0, 0.05) is 31.4 Å². The Labute approximate surface area is 136 Å². The number of rotatable bonds is 5. The van der Waals surface area contributed by atoms with Crippen molar-refractivity contribution in [2.24, 2.45) is 7.05 Å². The van der Waals surface area contributed by atoms with Gasteiger partial charge in [0.2, 0.25) is 0 Å². The molecule has 1 aliphatic heterocycles. The van der Waals surface area contributed by atoms with Gasteiger partial charge in [-0.25, -0.2) is 0 Å². The van der Waals surface area contributed by atoms with E-state index in [0.717, 1.165) is 24.1 Å². The number of hydrogen-bond acceptors (Lipinski definition) is 4. The summed E-state index contributed by atoms with van der Waals surface area (Å²) in [5.74, 6) is 0.693. The van der Waals surface area contributed by atoms with Crippen LogP contribution in [0, 0.1) is 6.92 Å². The number of nitrogens with one attached hydrogen (secondary N) is 1. The van der Waals surface area contributed by atoms with E-state index in [4.69, 9.17) is 4.42 Å². The van der Waals surface area contributed by atoms with Crippen molar-refractivity contribution in [3.8, 4) is 0 Å². The normalized spacial score (nSPS) is 20.9. The minimum atomic E-state index is -3.60. The Balaban J connectivity index is 1.79. The van der Waals surface area contributed by atoms with E-state index in [0.29, 0.717) is 12.3 Å². The van der Waals surface area contributed by atoms with Crippen molar-refractivity contribution in [1.82, 2.24) is 18.8 Å². The lowest BCUT2D eigenvalue weighted by Gasteiger charge is -2.25. The second-order valence-electron chi connectivity index (χ2n) is 5.97. The number of nitrogens with zero attached hydrogens (tertiary/aromatic N) is 3. The molecule has 2 aromatic heterocycles. The van der Waals surface area contributed by atoms with Gasteiger partial charge in [-0.3, -0.25) is 4.68 Å². The summed E-state index contributed by atoms with van der Waals surface area (Å²) in [4.78, 5) is 0. The molecule has 2 atom stereocenters. The summed E-state index contributed by atoms with van der Waals surface area (Å²) in [5.41, 5.74) is 1.71. The highest BCUT2D eigenvalue weighted by atomic mass is 32.2. The van der Waals surface area contributed by atoms with Gasteiger partial charge in [0.05, 0.1) is 18.0 Å². The maximum Gasteiger partial charge on any atom is 0.280 e. The average molecular weight is 338 g/mol. The zero-order chi connectivity index (χ0) is 16.6. The predicted molar refractivity (Wildman–Crippen MR) is 85.8 cm³/mol. The van der Waals surface area contributed by atoms with Gasteiger partial charge in [0.15, 0.2) is 0 Å². The molecule has 0 aliphatic carbocycles. The Morgan fingerprint density at radius 1 is 1.48 bits per heavy atom. The van der Waals surface area contributed by atoms with Gasteiger partial charge >= 0.3 is 0 Å². The quantitative estimate of drug-likeness (QED) is 0.905. The lowest BCUT2D eigenvalue weighted by atomic mass is 10.1. The molecule has 1 aliphatic rings. The molecule has 1 saturated heterocycles. The Bertz CT molecular complexity index is 767. The Morgan fingerprint density at radius 3 is 2.87 bits per heavy atom. The molecule has 126 valence electrons. The van der Waals surface area contributed by atoms with Crippen LogP contribution < -0.4 is 4.72 Å². The van der Waals surface area contributed by atoms with Crippen LogP contribution in [0.3, 0.4) is 0 Å². The molecule has 0 spiro atoms. The molecular weight excluding hydrogens is 316 g/mol. The number of aromatic nitrogens is 2. The van der Waals surface area contributed by atoms with Crippen molar-refractivity contribution in [2.75, 3.05) is 6.54 Å². The largest absolute Gasteiger partial charge is 0.468 e. The second-order valence-corrected chi connectivity index (χ2v) is 7.63. The van der Waals surface area contributed by atoms with Crippen LogP contribution in [-0.4, -0.2) is 29.0 Å². The summed E-state index contributed by atoms with van der Waals surface area (Å²) in [6.07, 6.45) is 5.02. The molecule has 0 aromatic carbocycles. The summed E-state index contributed by atoms with van der Waals surface area (Å²) >= 11 is 0. The molecule has 0 amide bonds. The molecule has 7 nitrogen and oxygen atoms in total.